The first kappa shape index (κ1) is 9.31. The van der Waals surface area contributed by atoms with E-state index in [0.717, 1.165) is 5.82 Å². The van der Waals surface area contributed by atoms with Crippen LogP contribution in [0.5, 0.6) is 0 Å². The van der Waals surface area contributed by atoms with Gasteiger partial charge in [-0.15, -0.1) is 0 Å². The van der Waals surface area contributed by atoms with Gasteiger partial charge < -0.3 is 5.73 Å². The number of rotatable bonds is 3. The van der Waals surface area contributed by atoms with Crippen LogP contribution >= 0.6 is 0 Å². The molecule has 0 saturated heterocycles. The molecule has 0 aromatic rings. The molecule has 0 aromatic carbocycles. The van der Waals surface area contributed by atoms with E-state index in [4.69, 9.17) is 13.5 Å². The van der Waals surface area contributed by atoms with Crippen molar-refractivity contribution < 1.29 is 0 Å². The molecule has 0 spiro atoms. The Labute approximate surface area is 73.0 Å². The number of nitrogens with two attached hydrogens (primary N) is 1. The molecule has 0 aromatic heterocycles. The summed E-state index contributed by atoms with van der Waals surface area (Å²) in [6.07, 6.45) is 4.79. The first-order chi connectivity index (χ1) is 5.33. The van der Waals surface area contributed by atoms with Crippen LogP contribution in [0.15, 0.2) is 0 Å². The molecule has 0 atom stereocenters. The minimum atomic E-state index is 0.446. The molecule has 5 radical (unpaired) electrons. The Morgan fingerprint density at radius 3 is 2.36 bits per heavy atom. The van der Waals surface area contributed by atoms with Gasteiger partial charge in [0, 0.05) is 27.9 Å². The van der Waals surface area contributed by atoms with Crippen LogP contribution in [0.4, 0.5) is 0 Å². The van der Waals surface area contributed by atoms with Crippen LogP contribution in [-0.4, -0.2) is 35.1 Å². The zero-order valence-electron chi connectivity index (χ0n) is 6.87. The fourth-order valence-corrected chi connectivity index (χ4v) is 1.56. The molecule has 1 rings (SSSR count). The summed E-state index contributed by atoms with van der Waals surface area (Å²) in [4.78, 5) is 0. The summed E-state index contributed by atoms with van der Waals surface area (Å²) in [5.41, 5.74) is 5.77. The number of hydrogen-bond acceptors (Lipinski definition) is 1. The highest BCUT2D eigenvalue weighted by atomic mass is 14.6. The standard InChI is InChI=1S/C6H12B4N/c7-9-10-8-5-1-3-6(11)4-2-5/h5-6H,1-4,11H2. The molecule has 0 unspecified atom stereocenters. The summed E-state index contributed by atoms with van der Waals surface area (Å²) in [6.45, 7) is 0. The van der Waals surface area contributed by atoms with E-state index in [0.29, 0.717) is 6.04 Å². The average Bonchev–Trinajstić information content (AvgIpc) is 2.04. The Kier molecular flexibility index (Phi) is 4.21. The van der Waals surface area contributed by atoms with Gasteiger partial charge >= 0.3 is 0 Å². The molecular weight excluding hydrogens is 129 g/mol. The van der Waals surface area contributed by atoms with Gasteiger partial charge in [0.2, 0.25) is 0 Å². The zero-order chi connectivity index (χ0) is 8.10. The summed E-state index contributed by atoms with van der Waals surface area (Å²) in [7, 11) is 10.9. The largest absolute Gasteiger partial charge is 0.328 e. The molecule has 53 valence electrons. The average molecular weight is 141 g/mol. The van der Waals surface area contributed by atoms with Crippen LogP contribution < -0.4 is 5.73 Å². The normalized spacial score (nSPS) is 31.0. The summed E-state index contributed by atoms with van der Waals surface area (Å²) in [6, 6.07) is 0.446. The van der Waals surface area contributed by atoms with Crippen molar-refractivity contribution in [2.24, 2.45) is 5.73 Å². The predicted octanol–water partition coefficient (Wildman–Crippen LogP) is -0.298. The lowest BCUT2D eigenvalue weighted by Crippen LogP contribution is -2.28. The van der Waals surface area contributed by atoms with E-state index in [2.05, 4.69) is 7.17 Å². The van der Waals surface area contributed by atoms with Crippen LogP contribution in [0.3, 0.4) is 0 Å². The summed E-state index contributed by atoms with van der Waals surface area (Å²) < 4.78 is 0. The highest BCUT2D eigenvalue weighted by Crippen LogP contribution is 2.26. The van der Waals surface area contributed by atoms with E-state index in [-0.39, 0.29) is 0 Å². The molecule has 0 heterocycles. The van der Waals surface area contributed by atoms with Crippen molar-refractivity contribution in [1.82, 2.24) is 0 Å². The molecule has 1 aliphatic rings. The molecule has 1 aliphatic carbocycles. The fraction of sp³-hybridized carbons (Fsp3) is 1.00. The first-order valence-electron chi connectivity index (χ1n) is 4.30. The highest BCUT2D eigenvalue weighted by Gasteiger charge is 2.17. The van der Waals surface area contributed by atoms with Gasteiger partial charge in [0.1, 0.15) is 0 Å². The fourth-order valence-electron chi connectivity index (χ4n) is 1.56. The lowest BCUT2D eigenvalue weighted by atomic mass is 9.11. The van der Waals surface area contributed by atoms with E-state index in [1.165, 1.54) is 25.7 Å². The van der Waals surface area contributed by atoms with Gasteiger partial charge in [0.15, 0.2) is 0 Å². The first-order valence-corrected chi connectivity index (χ1v) is 4.30. The van der Waals surface area contributed by atoms with Gasteiger partial charge in [-0.3, -0.25) is 0 Å². The molecule has 0 aliphatic heterocycles. The van der Waals surface area contributed by atoms with E-state index in [9.17, 15) is 0 Å². The molecule has 1 fully saturated rings. The van der Waals surface area contributed by atoms with Gasteiger partial charge in [-0.2, -0.15) is 0 Å². The molecule has 5 heteroatoms. The van der Waals surface area contributed by atoms with Gasteiger partial charge in [0.05, 0.1) is 7.17 Å². The van der Waals surface area contributed by atoms with Crippen molar-refractivity contribution in [2.75, 3.05) is 0 Å². The smallest absolute Gasteiger partial charge is 0.0587 e. The van der Waals surface area contributed by atoms with Crippen molar-refractivity contribution in [2.45, 2.75) is 37.5 Å². The maximum Gasteiger partial charge on any atom is 0.0587 e. The molecule has 0 amide bonds. The van der Waals surface area contributed by atoms with Crippen molar-refractivity contribution in [3.8, 4) is 0 Å². The summed E-state index contributed by atoms with van der Waals surface area (Å²) in [5.74, 6) is 0.717. The third-order valence-electron chi connectivity index (χ3n) is 2.31. The Balaban J connectivity index is 2.07. The highest BCUT2D eigenvalue weighted by molar-refractivity contribution is 7.41. The van der Waals surface area contributed by atoms with Crippen LogP contribution in [0.2, 0.25) is 5.82 Å². The summed E-state index contributed by atoms with van der Waals surface area (Å²) >= 11 is 0. The maximum absolute atomic E-state index is 5.77. The van der Waals surface area contributed by atoms with Crippen molar-refractivity contribution >= 4 is 29.0 Å². The van der Waals surface area contributed by atoms with Crippen molar-refractivity contribution in [1.29, 1.82) is 0 Å². The molecule has 0 bridgehead atoms. The minimum Gasteiger partial charge on any atom is -0.328 e. The second-order valence-electron chi connectivity index (χ2n) is 3.25. The van der Waals surface area contributed by atoms with Crippen molar-refractivity contribution in [3.63, 3.8) is 0 Å². The topological polar surface area (TPSA) is 26.0 Å². The van der Waals surface area contributed by atoms with Gasteiger partial charge in [0.25, 0.3) is 0 Å². The van der Waals surface area contributed by atoms with Gasteiger partial charge in [-0.1, -0.05) is 18.7 Å². The van der Waals surface area contributed by atoms with E-state index in [1.54, 1.807) is 7.06 Å². The Hall–Kier alpha value is 0.220. The zero-order valence-corrected chi connectivity index (χ0v) is 6.87. The van der Waals surface area contributed by atoms with E-state index < -0.39 is 0 Å². The SMILES string of the molecule is [B][B][B][B]C1CCC(N)CC1. The Bertz CT molecular complexity index is 100. The van der Waals surface area contributed by atoms with Crippen LogP contribution in [-0.2, 0) is 0 Å². The third kappa shape index (κ3) is 3.41. The van der Waals surface area contributed by atoms with Gasteiger partial charge in [-0.05, 0) is 12.8 Å². The van der Waals surface area contributed by atoms with Crippen LogP contribution in [0.1, 0.15) is 25.7 Å². The summed E-state index contributed by atoms with van der Waals surface area (Å²) in [5, 5.41) is 0. The van der Waals surface area contributed by atoms with Gasteiger partial charge in [-0.25, -0.2) is 0 Å². The monoisotopic (exact) mass is 142 g/mol. The second-order valence-corrected chi connectivity index (χ2v) is 3.25. The van der Waals surface area contributed by atoms with Crippen LogP contribution in [0, 0.1) is 0 Å². The lowest BCUT2D eigenvalue weighted by Gasteiger charge is -2.25. The Morgan fingerprint density at radius 1 is 1.18 bits per heavy atom. The van der Waals surface area contributed by atoms with E-state index >= 15 is 0 Å². The van der Waals surface area contributed by atoms with E-state index in [1.807, 2.05) is 7.06 Å². The molecular formula is C6H12B4N. The number of hydrogen-bond donors (Lipinski definition) is 1. The molecule has 2 N–H and O–H groups in total. The lowest BCUT2D eigenvalue weighted by molar-refractivity contribution is 0.441. The third-order valence-corrected chi connectivity index (χ3v) is 2.31. The molecule has 1 saturated carbocycles. The maximum atomic E-state index is 5.77. The quantitative estimate of drug-likeness (QED) is 0.537. The predicted molar refractivity (Wildman–Crippen MR) is 53.2 cm³/mol. The molecule has 1 nitrogen and oxygen atoms in total. The van der Waals surface area contributed by atoms with Crippen molar-refractivity contribution in [3.05, 3.63) is 0 Å². The minimum absolute atomic E-state index is 0.446. The second kappa shape index (κ2) is 4.97. The van der Waals surface area contributed by atoms with Crippen LogP contribution in [0.25, 0.3) is 0 Å². The Morgan fingerprint density at radius 2 is 1.82 bits per heavy atom. The molecule has 11 heavy (non-hydrogen) atoms.